The first kappa shape index (κ1) is 16.8. The van der Waals surface area contributed by atoms with Gasteiger partial charge in [0, 0.05) is 24.3 Å². The van der Waals surface area contributed by atoms with Gasteiger partial charge in [-0.15, -0.1) is 12.6 Å². The van der Waals surface area contributed by atoms with Crippen LogP contribution in [0.15, 0.2) is 18.2 Å². The van der Waals surface area contributed by atoms with Crippen LogP contribution in [0.2, 0.25) is 5.02 Å². The van der Waals surface area contributed by atoms with Gasteiger partial charge in [0.25, 0.3) is 0 Å². The van der Waals surface area contributed by atoms with Gasteiger partial charge in [-0.1, -0.05) is 11.6 Å². The number of carbonyl (C=O) groups is 1. The molecule has 0 saturated carbocycles. The molecule has 8 heteroatoms. The van der Waals surface area contributed by atoms with E-state index in [4.69, 9.17) is 21.1 Å². The molecule has 0 bridgehead atoms. The summed E-state index contributed by atoms with van der Waals surface area (Å²) in [6.07, 6.45) is 1.42. The van der Waals surface area contributed by atoms with Crippen LogP contribution in [0, 0.1) is 0 Å². The first-order valence-corrected chi connectivity index (χ1v) is 7.41. The first-order valence-electron chi connectivity index (χ1n) is 6.51. The molecule has 1 aromatic carbocycles. The number of ether oxygens (including phenoxy) is 2. The van der Waals surface area contributed by atoms with E-state index in [1.54, 1.807) is 17.0 Å². The summed E-state index contributed by atoms with van der Waals surface area (Å²) in [7, 11) is 3.02. The van der Waals surface area contributed by atoms with Crippen molar-refractivity contribution in [1.29, 1.82) is 0 Å². The Balaban J connectivity index is 2.57. The number of β-amino-alcohol motifs (C(OH)–C–C–N with tert-alkyl or cyclic N) is 1. The zero-order valence-corrected chi connectivity index (χ0v) is 13.8. The molecule has 1 heterocycles. The number of thiol groups is 1. The molecule has 1 aliphatic rings. The van der Waals surface area contributed by atoms with Crippen LogP contribution in [0.1, 0.15) is 5.56 Å². The molecular formula is C14H17ClN2O4S. The van der Waals surface area contributed by atoms with Crippen molar-refractivity contribution in [1.82, 2.24) is 10.2 Å². The molecule has 0 spiro atoms. The van der Waals surface area contributed by atoms with Gasteiger partial charge >= 0.3 is 0 Å². The third kappa shape index (κ3) is 3.26. The Kier molecular flexibility index (Phi) is 5.44. The van der Waals surface area contributed by atoms with Crippen LogP contribution in [0.25, 0.3) is 5.70 Å². The average Bonchev–Trinajstić information content (AvgIpc) is 2.49. The first-order chi connectivity index (χ1) is 10.5. The minimum atomic E-state index is -0.550. The molecule has 1 aliphatic heterocycles. The third-order valence-corrected chi connectivity index (χ3v) is 3.94. The average molecular weight is 345 g/mol. The second-order valence-corrected chi connectivity index (χ2v) is 5.41. The Bertz CT molecular complexity index is 609. The van der Waals surface area contributed by atoms with Crippen LogP contribution < -0.4 is 14.8 Å². The fourth-order valence-electron chi connectivity index (χ4n) is 2.23. The predicted molar refractivity (Wildman–Crippen MR) is 87.2 cm³/mol. The quantitative estimate of drug-likeness (QED) is 0.703. The Morgan fingerprint density at radius 2 is 2.05 bits per heavy atom. The Morgan fingerprint density at radius 3 is 2.64 bits per heavy atom. The molecule has 0 fully saturated rings. The van der Waals surface area contributed by atoms with Gasteiger partial charge in [0.05, 0.1) is 31.5 Å². The van der Waals surface area contributed by atoms with Gasteiger partial charge in [-0.3, -0.25) is 4.79 Å². The number of aliphatic hydroxyl groups is 1. The second kappa shape index (κ2) is 7.13. The number of benzene rings is 1. The summed E-state index contributed by atoms with van der Waals surface area (Å²) in [6.45, 7) is 0.214. The van der Waals surface area contributed by atoms with Gasteiger partial charge in [-0.05, 0) is 6.07 Å². The van der Waals surface area contributed by atoms with E-state index in [9.17, 15) is 9.90 Å². The van der Waals surface area contributed by atoms with Crippen LogP contribution >= 0.6 is 24.2 Å². The highest BCUT2D eigenvalue weighted by molar-refractivity contribution is 7.80. The van der Waals surface area contributed by atoms with Crippen LogP contribution in [0.4, 0.5) is 0 Å². The number of methoxy groups -OCH3 is 2. The van der Waals surface area contributed by atoms with Gasteiger partial charge in [0.2, 0.25) is 5.91 Å². The molecule has 120 valence electrons. The van der Waals surface area contributed by atoms with Crippen LogP contribution in [-0.4, -0.2) is 48.8 Å². The van der Waals surface area contributed by atoms with Crippen molar-refractivity contribution < 1.29 is 19.4 Å². The molecule has 2 rings (SSSR count). The maximum atomic E-state index is 11.8. The SMILES string of the molecule is COc1cc(C2=CC(=O)NC(S)N2CCO)c(OC)cc1Cl. The predicted octanol–water partition coefficient (Wildman–Crippen LogP) is 1.34. The molecule has 6 nitrogen and oxygen atoms in total. The van der Waals surface area contributed by atoms with Gasteiger partial charge in [-0.2, -0.15) is 0 Å². The number of nitrogens with one attached hydrogen (secondary N) is 1. The molecule has 1 aromatic rings. The van der Waals surface area contributed by atoms with E-state index >= 15 is 0 Å². The molecule has 1 unspecified atom stereocenters. The van der Waals surface area contributed by atoms with Gasteiger partial charge in [-0.25, -0.2) is 0 Å². The van der Waals surface area contributed by atoms with Crippen LogP contribution in [-0.2, 0) is 4.79 Å². The lowest BCUT2D eigenvalue weighted by Crippen LogP contribution is -2.48. The van der Waals surface area contributed by atoms with E-state index in [1.807, 2.05) is 0 Å². The lowest BCUT2D eigenvalue weighted by molar-refractivity contribution is -0.117. The van der Waals surface area contributed by atoms with Gasteiger partial charge < -0.3 is 24.8 Å². The lowest BCUT2D eigenvalue weighted by atomic mass is 10.1. The van der Waals surface area contributed by atoms with E-state index in [2.05, 4.69) is 17.9 Å². The van der Waals surface area contributed by atoms with Crippen molar-refractivity contribution >= 4 is 35.8 Å². The molecule has 22 heavy (non-hydrogen) atoms. The summed E-state index contributed by atoms with van der Waals surface area (Å²) in [6, 6.07) is 3.31. The number of amides is 1. The van der Waals surface area contributed by atoms with E-state index < -0.39 is 5.50 Å². The van der Waals surface area contributed by atoms with Crippen molar-refractivity contribution in [2.45, 2.75) is 5.50 Å². The number of carbonyl (C=O) groups excluding carboxylic acids is 1. The maximum Gasteiger partial charge on any atom is 0.248 e. The van der Waals surface area contributed by atoms with E-state index in [0.29, 0.717) is 34.3 Å². The second-order valence-electron chi connectivity index (χ2n) is 4.52. The monoisotopic (exact) mass is 344 g/mol. The maximum absolute atomic E-state index is 11.8. The summed E-state index contributed by atoms with van der Waals surface area (Å²) < 4.78 is 10.6. The number of hydrogen-bond acceptors (Lipinski definition) is 6. The molecule has 0 radical (unpaired) electrons. The van der Waals surface area contributed by atoms with Crippen LogP contribution in [0.3, 0.4) is 0 Å². The summed E-state index contributed by atoms with van der Waals surface area (Å²) in [5.74, 6) is 0.680. The number of halogens is 1. The molecule has 1 atom stereocenters. The fourth-order valence-corrected chi connectivity index (χ4v) is 2.83. The number of aliphatic hydroxyl groups excluding tert-OH is 1. The minimum Gasteiger partial charge on any atom is -0.496 e. The smallest absolute Gasteiger partial charge is 0.248 e. The minimum absolute atomic E-state index is 0.0860. The van der Waals surface area contributed by atoms with Crippen molar-refractivity contribution in [2.24, 2.45) is 0 Å². The normalized spacial score (nSPS) is 17.9. The van der Waals surface area contributed by atoms with Gasteiger partial charge in [0.15, 0.2) is 0 Å². The number of nitrogens with zero attached hydrogens (tertiary/aromatic N) is 1. The molecular weight excluding hydrogens is 328 g/mol. The molecule has 1 amide bonds. The van der Waals surface area contributed by atoms with Crippen molar-refractivity contribution in [3.63, 3.8) is 0 Å². The highest BCUT2D eigenvalue weighted by Crippen LogP contribution is 2.38. The molecule has 0 aliphatic carbocycles. The van der Waals surface area contributed by atoms with Crippen molar-refractivity contribution in [3.8, 4) is 11.5 Å². The molecule has 0 saturated heterocycles. The number of hydrogen-bond donors (Lipinski definition) is 3. The fraction of sp³-hybridized carbons (Fsp3) is 0.357. The highest BCUT2D eigenvalue weighted by atomic mass is 35.5. The van der Waals surface area contributed by atoms with Crippen LogP contribution in [0.5, 0.6) is 11.5 Å². The van der Waals surface area contributed by atoms with Crippen molar-refractivity contribution in [2.75, 3.05) is 27.4 Å². The third-order valence-electron chi connectivity index (χ3n) is 3.23. The Labute approximate surface area is 139 Å². The topological polar surface area (TPSA) is 71.0 Å². The molecule has 2 N–H and O–H groups in total. The largest absolute Gasteiger partial charge is 0.496 e. The van der Waals surface area contributed by atoms with E-state index in [-0.39, 0.29) is 12.5 Å². The summed E-state index contributed by atoms with van der Waals surface area (Å²) in [5.41, 5.74) is 0.654. The summed E-state index contributed by atoms with van der Waals surface area (Å²) >= 11 is 10.4. The van der Waals surface area contributed by atoms with E-state index in [0.717, 1.165) is 0 Å². The highest BCUT2D eigenvalue weighted by Gasteiger charge is 2.27. The standard InChI is InChI=1S/C14H17ClN2O4S/c1-20-11-6-9(15)12(21-2)5-8(11)10-7-13(19)16-14(22)17(10)3-4-18/h5-7,14,18,22H,3-4H2,1-2H3,(H,16,19). The zero-order chi connectivity index (χ0) is 16.3. The van der Waals surface area contributed by atoms with Crippen molar-refractivity contribution in [3.05, 3.63) is 28.8 Å². The van der Waals surface area contributed by atoms with E-state index in [1.165, 1.54) is 20.3 Å². The number of rotatable bonds is 5. The lowest BCUT2D eigenvalue weighted by Gasteiger charge is -2.36. The Morgan fingerprint density at radius 1 is 1.36 bits per heavy atom. The van der Waals surface area contributed by atoms with Gasteiger partial charge in [0.1, 0.15) is 17.0 Å². The zero-order valence-electron chi connectivity index (χ0n) is 12.2. The summed E-state index contributed by atoms with van der Waals surface area (Å²) in [5, 5.41) is 12.3. The summed E-state index contributed by atoms with van der Waals surface area (Å²) in [4.78, 5) is 13.6. The molecule has 0 aromatic heterocycles. The Hall–Kier alpha value is -1.57.